The van der Waals surface area contributed by atoms with Gasteiger partial charge in [0.2, 0.25) is 5.91 Å². The largest absolute Gasteiger partial charge is 0.370 e. The van der Waals surface area contributed by atoms with Crippen LogP contribution >= 0.6 is 11.8 Å². The fourth-order valence-electron chi connectivity index (χ4n) is 1.74. The molecule has 0 saturated heterocycles. The molecular formula is C12H12N6O4S. The predicted molar refractivity (Wildman–Crippen MR) is 86.0 cm³/mol. The van der Waals surface area contributed by atoms with Crippen LogP contribution in [0.15, 0.2) is 34.3 Å². The molecule has 1 aromatic rings. The minimum Gasteiger partial charge on any atom is -0.370 e. The number of nitrogens with two attached hydrogens (primary N) is 2. The SMILES string of the molecule is NC(N)=NC1=NC(=O)[C@H](CC(=O)Nc2cccc([N+](=O)[O-])c2)S1. The Morgan fingerprint density at radius 1 is 1.48 bits per heavy atom. The Hall–Kier alpha value is -2.95. The van der Waals surface area contributed by atoms with Crippen LogP contribution in [0.1, 0.15) is 6.42 Å². The van der Waals surface area contributed by atoms with Crippen LogP contribution in [-0.4, -0.2) is 33.1 Å². The highest BCUT2D eigenvalue weighted by atomic mass is 32.2. The second-order valence-corrected chi connectivity index (χ2v) is 5.61. The topological polar surface area (TPSA) is 166 Å². The number of carbonyl (C=O) groups excluding carboxylic acids is 2. The third kappa shape index (κ3) is 4.51. The maximum absolute atomic E-state index is 11.9. The molecule has 1 aliphatic rings. The number of non-ortho nitro benzene ring substituents is 1. The number of aliphatic imine (C=N–C) groups is 2. The zero-order valence-corrected chi connectivity index (χ0v) is 12.4. The van der Waals surface area contributed by atoms with E-state index in [0.29, 0.717) is 0 Å². The minimum absolute atomic E-state index is 0.100. The molecule has 1 aromatic carbocycles. The van der Waals surface area contributed by atoms with E-state index in [1.54, 1.807) is 0 Å². The van der Waals surface area contributed by atoms with Crippen molar-refractivity contribution < 1.29 is 14.5 Å². The molecule has 1 aliphatic heterocycles. The molecule has 11 heteroatoms. The van der Waals surface area contributed by atoms with Crippen LogP contribution in [0.25, 0.3) is 0 Å². The number of benzene rings is 1. The van der Waals surface area contributed by atoms with Gasteiger partial charge < -0.3 is 16.8 Å². The van der Waals surface area contributed by atoms with Gasteiger partial charge in [-0.3, -0.25) is 19.7 Å². The van der Waals surface area contributed by atoms with E-state index in [9.17, 15) is 19.7 Å². The summed E-state index contributed by atoms with van der Waals surface area (Å²) in [5.41, 5.74) is 10.5. The first kappa shape index (κ1) is 16.4. The molecule has 0 saturated carbocycles. The van der Waals surface area contributed by atoms with Crippen LogP contribution in [0.4, 0.5) is 11.4 Å². The summed E-state index contributed by atoms with van der Waals surface area (Å²) in [5.74, 6) is -1.22. The zero-order chi connectivity index (χ0) is 17.0. The predicted octanol–water partition coefficient (Wildman–Crippen LogP) is 0.195. The molecule has 0 unspecified atom stereocenters. The standard InChI is InChI=1S/C12H12N6O4S/c13-11(14)17-12-16-10(20)8(23-12)5-9(19)15-6-2-1-3-7(4-6)18(21)22/h1-4,8H,5H2,(H,15,19)(H4,13,14,16,17,20)/t8-/m0/s1. The molecule has 0 fully saturated rings. The van der Waals surface area contributed by atoms with Crippen molar-refractivity contribution in [2.45, 2.75) is 11.7 Å². The number of carbonyl (C=O) groups is 2. The van der Waals surface area contributed by atoms with Gasteiger partial charge in [-0.05, 0) is 6.07 Å². The lowest BCUT2D eigenvalue weighted by Crippen LogP contribution is -2.23. The third-order valence-electron chi connectivity index (χ3n) is 2.67. The number of guanidine groups is 1. The van der Waals surface area contributed by atoms with Crippen molar-refractivity contribution in [3.05, 3.63) is 34.4 Å². The molecule has 0 aliphatic carbocycles. The fourth-order valence-corrected chi connectivity index (χ4v) is 2.68. The third-order valence-corrected chi connectivity index (χ3v) is 3.71. The van der Waals surface area contributed by atoms with Crippen molar-refractivity contribution in [2.75, 3.05) is 5.32 Å². The van der Waals surface area contributed by atoms with E-state index in [1.165, 1.54) is 24.3 Å². The molecule has 2 rings (SSSR count). The summed E-state index contributed by atoms with van der Waals surface area (Å²) in [6, 6.07) is 5.49. The highest BCUT2D eigenvalue weighted by Crippen LogP contribution is 2.26. The number of nitro groups is 1. The average molecular weight is 336 g/mol. The number of hydrogen-bond acceptors (Lipinski definition) is 6. The fraction of sp³-hybridized carbons (Fsp3) is 0.167. The van der Waals surface area contributed by atoms with Gasteiger partial charge in [0.15, 0.2) is 11.1 Å². The number of amidine groups is 1. The molecule has 1 atom stereocenters. The van der Waals surface area contributed by atoms with Gasteiger partial charge in [0.25, 0.3) is 11.6 Å². The summed E-state index contributed by atoms with van der Waals surface area (Å²) in [6.45, 7) is 0. The summed E-state index contributed by atoms with van der Waals surface area (Å²) in [6.07, 6.45) is -0.154. The zero-order valence-electron chi connectivity index (χ0n) is 11.6. The Balaban J connectivity index is 1.96. The molecule has 0 bridgehead atoms. The highest BCUT2D eigenvalue weighted by Gasteiger charge is 2.30. The van der Waals surface area contributed by atoms with E-state index in [0.717, 1.165) is 11.8 Å². The van der Waals surface area contributed by atoms with Gasteiger partial charge in [-0.2, -0.15) is 9.98 Å². The number of nitro benzene ring substituents is 1. The first-order valence-electron chi connectivity index (χ1n) is 6.28. The monoisotopic (exact) mass is 336 g/mol. The molecule has 5 N–H and O–H groups in total. The normalized spacial score (nSPS) is 16.6. The van der Waals surface area contributed by atoms with Gasteiger partial charge in [-0.1, -0.05) is 17.8 Å². The molecule has 2 amide bonds. The van der Waals surface area contributed by atoms with Gasteiger partial charge in [0.1, 0.15) is 5.25 Å². The number of nitrogens with zero attached hydrogens (tertiary/aromatic N) is 3. The van der Waals surface area contributed by atoms with Gasteiger partial charge in [-0.25, -0.2) is 0 Å². The van der Waals surface area contributed by atoms with E-state index in [4.69, 9.17) is 11.5 Å². The number of nitrogens with one attached hydrogen (secondary N) is 1. The van der Waals surface area contributed by atoms with Crippen molar-refractivity contribution in [3.8, 4) is 0 Å². The van der Waals surface area contributed by atoms with Gasteiger partial charge in [-0.15, -0.1) is 0 Å². The number of amides is 2. The average Bonchev–Trinajstić information content (AvgIpc) is 2.77. The Morgan fingerprint density at radius 2 is 2.22 bits per heavy atom. The van der Waals surface area contributed by atoms with E-state index in [2.05, 4.69) is 15.3 Å². The van der Waals surface area contributed by atoms with E-state index < -0.39 is 22.0 Å². The Bertz CT molecular complexity index is 728. The molecule has 1 heterocycles. The van der Waals surface area contributed by atoms with Crippen LogP contribution in [0.2, 0.25) is 0 Å². The number of anilines is 1. The highest BCUT2D eigenvalue weighted by molar-refractivity contribution is 8.15. The Morgan fingerprint density at radius 3 is 2.87 bits per heavy atom. The lowest BCUT2D eigenvalue weighted by atomic mass is 10.2. The molecule has 120 valence electrons. The first-order chi connectivity index (χ1) is 10.8. The lowest BCUT2D eigenvalue weighted by molar-refractivity contribution is -0.384. The van der Waals surface area contributed by atoms with Gasteiger partial charge in [0.05, 0.1) is 4.92 Å². The molecule has 23 heavy (non-hydrogen) atoms. The van der Waals surface area contributed by atoms with Gasteiger partial charge >= 0.3 is 0 Å². The minimum atomic E-state index is -0.730. The number of rotatable bonds is 4. The summed E-state index contributed by atoms with van der Waals surface area (Å²) >= 11 is 0.978. The molecule has 10 nitrogen and oxygen atoms in total. The molecule has 0 spiro atoms. The van der Waals surface area contributed by atoms with Gasteiger partial charge in [0, 0.05) is 24.2 Å². The van der Waals surface area contributed by atoms with Crippen molar-refractivity contribution in [3.63, 3.8) is 0 Å². The molecule has 0 aromatic heterocycles. The number of thioether (sulfide) groups is 1. The van der Waals surface area contributed by atoms with Crippen molar-refractivity contribution in [1.82, 2.24) is 0 Å². The molecule has 0 radical (unpaired) electrons. The Labute approximate surface area is 134 Å². The maximum atomic E-state index is 11.9. The van der Waals surface area contributed by atoms with E-state index in [-0.39, 0.29) is 28.9 Å². The van der Waals surface area contributed by atoms with E-state index in [1.807, 2.05) is 0 Å². The van der Waals surface area contributed by atoms with Crippen LogP contribution in [0.5, 0.6) is 0 Å². The summed E-state index contributed by atoms with van der Waals surface area (Å²) in [7, 11) is 0. The smallest absolute Gasteiger partial charge is 0.271 e. The summed E-state index contributed by atoms with van der Waals surface area (Å²) in [5, 5.41) is 12.5. The van der Waals surface area contributed by atoms with Crippen LogP contribution in [0, 0.1) is 10.1 Å². The van der Waals surface area contributed by atoms with Crippen LogP contribution in [0.3, 0.4) is 0 Å². The molecular weight excluding hydrogens is 324 g/mol. The quantitative estimate of drug-likeness (QED) is 0.305. The summed E-state index contributed by atoms with van der Waals surface area (Å²) < 4.78 is 0. The second kappa shape index (κ2) is 6.87. The number of hydrogen-bond donors (Lipinski definition) is 3. The second-order valence-electron chi connectivity index (χ2n) is 4.44. The Kier molecular flexibility index (Phi) is 4.91. The van der Waals surface area contributed by atoms with Crippen molar-refractivity contribution in [1.29, 1.82) is 0 Å². The first-order valence-corrected chi connectivity index (χ1v) is 7.16. The van der Waals surface area contributed by atoms with Crippen molar-refractivity contribution >= 4 is 46.1 Å². The van der Waals surface area contributed by atoms with Crippen LogP contribution < -0.4 is 16.8 Å². The lowest BCUT2D eigenvalue weighted by Gasteiger charge is -2.07. The van der Waals surface area contributed by atoms with Crippen molar-refractivity contribution in [2.24, 2.45) is 21.5 Å². The summed E-state index contributed by atoms with van der Waals surface area (Å²) in [4.78, 5) is 41.0. The maximum Gasteiger partial charge on any atom is 0.271 e. The van der Waals surface area contributed by atoms with E-state index >= 15 is 0 Å². The van der Waals surface area contributed by atoms with Crippen LogP contribution in [-0.2, 0) is 9.59 Å².